The molecule has 0 bridgehead atoms. The van der Waals surface area contributed by atoms with Crippen LogP contribution in [0.5, 0.6) is 0 Å². The van der Waals surface area contributed by atoms with Gasteiger partial charge in [0.1, 0.15) is 0 Å². The summed E-state index contributed by atoms with van der Waals surface area (Å²) < 4.78 is 16.7. The standard InChI is InChI=1S/C16H17O4P/c1-11-7-6-9-13(12(11)2)16(17)14-8-4-5-10-15(14)21(18,19)20-3/h4-10H,1-3H3,(H,18,19). The highest BCUT2D eigenvalue weighted by atomic mass is 31.2. The molecule has 0 fully saturated rings. The van der Waals surface area contributed by atoms with Crippen molar-refractivity contribution in [2.45, 2.75) is 13.8 Å². The summed E-state index contributed by atoms with van der Waals surface area (Å²) in [7, 11) is -2.83. The molecule has 1 unspecified atom stereocenters. The van der Waals surface area contributed by atoms with Crippen molar-refractivity contribution < 1.29 is 18.8 Å². The molecule has 0 aliphatic rings. The third kappa shape index (κ3) is 2.98. The van der Waals surface area contributed by atoms with E-state index in [0.29, 0.717) is 5.56 Å². The molecule has 0 aromatic heterocycles. The van der Waals surface area contributed by atoms with Crippen LogP contribution in [0.1, 0.15) is 27.0 Å². The quantitative estimate of drug-likeness (QED) is 0.696. The summed E-state index contributed by atoms with van der Waals surface area (Å²) in [5, 5.41) is 0.0263. The first-order valence-electron chi connectivity index (χ1n) is 6.47. The van der Waals surface area contributed by atoms with Gasteiger partial charge in [-0.05, 0) is 31.0 Å². The number of hydrogen-bond donors (Lipinski definition) is 1. The van der Waals surface area contributed by atoms with Crippen molar-refractivity contribution in [2.75, 3.05) is 7.11 Å². The van der Waals surface area contributed by atoms with Crippen LogP contribution in [0.4, 0.5) is 0 Å². The highest BCUT2D eigenvalue weighted by molar-refractivity contribution is 7.61. The predicted molar refractivity (Wildman–Crippen MR) is 82.3 cm³/mol. The van der Waals surface area contributed by atoms with E-state index >= 15 is 0 Å². The molecule has 0 aliphatic carbocycles. The van der Waals surface area contributed by atoms with E-state index in [1.165, 1.54) is 6.07 Å². The second-order valence-corrected chi connectivity index (χ2v) is 6.68. The maximum atomic E-state index is 12.7. The molecule has 21 heavy (non-hydrogen) atoms. The lowest BCUT2D eigenvalue weighted by molar-refractivity contribution is 0.103. The van der Waals surface area contributed by atoms with Gasteiger partial charge in [-0.3, -0.25) is 9.36 Å². The summed E-state index contributed by atoms with van der Waals surface area (Å²) in [6.45, 7) is 3.78. The Morgan fingerprint density at radius 3 is 2.33 bits per heavy atom. The summed E-state index contributed by atoms with van der Waals surface area (Å²) in [6.07, 6.45) is 0. The molecule has 2 aromatic rings. The lowest BCUT2D eigenvalue weighted by Gasteiger charge is -2.14. The molecular formula is C16H17O4P. The first kappa shape index (κ1) is 15.6. The van der Waals surface area contributed by atoms with Gasteiger partial charge in [-0.15, -0.1) is 0 Å². The molecule has 0 aliphatic heterocycles. The normalized spacial score (nSPS) is 13.7. The van der Waals surface area contributed by atoms with Gasteiger partial charge in [0.25, 0.3) is 0 Å². The Morgan fingerprint density at radius 2 is 1.67 bits per heavy atom. The zero-order valence-corrected chi connectivity index (χ0v) is 13.1. The minimum atomic E-state index is -3.99. The largest absolute Gasteiger partial charge is 0.359 e. The Bertz CT molecular complexity index is 737. The third-order valence-corrected chi connectivity index (χ3v) is 5.04. The van der Waals surface area contributed by atoms with E-state index in [-0.39, 0.29) is 16.7 Å². The van der Waals surface area contributed by atoms with Crippen LogP contribution in [-0.2, 0) is 9.09 Å². The van der Waals surface area contributed by atoms with E-state index < -0.39 is 7.60 Å². The average Bonchev–Trinajstić information content (AvgIpc) is 2.49. The Hall–Kier alpha value is -1.74. The molecule has 110 valence electrons. The number of aryl methyl sites for hydroxylation is 1. The molecule has 2 aromatic carbocycles. The van der Waals surface area contributed by atoms with E-state index in [1.807, 2.05) is 19.9 Å². The van der Waals surface area contributed by atoms with Gasteiger partial charge >= 0.3 is 7.60 Å². The zero-order chi connectivity index (χ0) is 15.6. The van der Waals surface area contributed by atoms with Gasteiger partial charge in [0.15, 0.2) is 5.78 Å². The summed E-state index contributed by atoms with van der Waals surface area (Å²) >= 11 is 0. The molecule has 0 amide bonds. The SMILES string of the molecule is COP(=O)(O)c1ccccc1C(=O)c1cccc(C)c1C. The van der Waals surface area contributed by atoms with Crippen molar-refractivity contribution in [1.29, 1.82) is 0 Å². The first-order chi connectivity index (χ1) is 9.88. The van der Waals surface area contributed by atoms with Gasteiger partial charge < -0.3 is 9.42 Å². The van der Waals surface area contributed by atoms with E-state index in [1.54, 1.807) is 30.3 Å². The summed E-state index contributed by atoms with van der Waals surface area (Å²) in [6, 6.07) is 11.7. The monoisotopic (exact) mass is 304 g/mol. The van der Waals surface area contributed by atoms with Crippen molar-refractivity contribution in [3.8, 4) is 0 Å². The van der Waals surface area contributed by atoms with E-state index in [9.17, 15) is 14.3 Å². The lowest BCUT2D eigenvalue weighted by Crippen LogP contribution is -2.18. The van der Waals surface area contributed by atoms with E-state index in [2.05, 4.69) is 4.52 Å². The van der Waals surface area contributed by atoms with E-state index in [4.69, 9.17) is 0 Å². The van der Waals surface area contributed by atoms with Crippen LogP contribution in [0.2, 0.25) is 0 Å². The number of carbonyl (C=O) groups is 1. The van der Waals surface area contributed by atoms with Crippen LogP contribution < -0.4 is 5.30 Å². The van der Waals surface area contributed by atoms with Gasteiger partial charge in [-0.2, -0.15) is 0 Å². The van der Waals surface area contributed by atoms with Crippen molar-refractivity contribution in [3.05, 3.63) is 64.7 Å². The van der Waals surface area contributed by atoms with Gasteiger partial charge in [0.2, 0.25) is 0 Å². The molecule has 1 atom stereocenters. The summed E-state index contributed by atoms with van der Waals surface area (Å²) in [5.74, 6) is -0.280. The second kappa shape index (κ2) is 5.94. The smallest absolute Gasteiger partial charge is 0.321 e. The molecule has 0 saturated heterocycles. The highest BCUT2D eigenvalue weighted by Gasteiger charge is 2.28. The molecule has 0 heterocycles. The molecule has 4 nitrogen and oxygen atoms in total. The average molecular weight is 304 g/mol. The van der Waals surface area contributed by atoms with Crippen LogP contribution in [0.3, 0.4) is 0 Å². The number of rotatable bonds is 4. The Labute approximate surface area is 123 Å². The third-order valence-electron chi connectivity index (χ3n) is 3.55. The van der Waals surface area contributed by atoms with Gasteiger partial charge in [0, 0.05) is 18.2 Å². The van der Waals surface area contributed by atoms with Gasteiger partial charge in [-0.25, -0.2) is 0 Å². The molecule has 2 rings (SSSR count). The zero-order valence-electron chi connectivity index (χ0n) is 12.2. The van der Waals surface area contributed by atoms with Crippen molar-refractivity contribution in [1.82, 2.24) is 0 Å². The fraction of sp³-hybridized carbons (Fsp3) is 0.188. The Balaban J connectivity index is 2.60. The van der Waals surface area contributed by atoms with Crippen LogP contribution in [0.25, 0.3) is 0 Å². The lowest BCUT2D eigenvalue weighted by atomic mass is 9.96. The van der Waals surface area contributed by atoms with Crippen LogP contribution in [0, 0.1) is 13.8 Å². The van der Waals surface area contributed by atoms with Crippen LogP contribution in [-0.4, -0.2) is 17.8 Å². The van der Waals surface area contributed by atoms with Crippen molar-refractivity contribution in [3.63, 3.8) is 0 Å². The minimum absolute atomic E-state index is 0.0263. The molecule has 0 saturated carbocycles. The topological polar surface area (TPSA) is 63.6 Å². The van der Waals surface area contributed by atoms with Crippen molar-refractivity contribution in [2.24, 2.45) is 0 Å². The van der Waals surface area contributed by atoms with E-state index in [0.717, 1.165) is 18.2 Å². The Kier molecular flexibility index (Phi) is 4.43. The second-order valence-electron chi connectivity index (χ2n) is 4.80. The minimum Gasteiger partial charge on any atom is -0.321 e. The number of benzene rings is 2. The number of hydrogen-bond acceptors (Lipinski definition) is 3. The predicted octanol–water partition coefficient (Wildman–Crippen LogP) is 2.99. The number of ketones is 1. The molecule has 0 spiro atoms. The maximum Gasteiger partial charge on any atom is 0.359 e. The Morgan fingerprint density at radius 1 is 1.05 bits per heavy atom. The molecule has 5 heteroatoms. The maximum absolute atomic E-state index is 12.7. The highest BCUT2D eigenvalue weighted by Crippen LogP contribution is 2.40. The molecule has 0 radical (unpaired) electrons. The van der Waals surface area contributed by atoms with Crippen LogP contribution >= 0.6 is 7.60 Å². The van der Waals surface area contributed by atoms with Gasteiger partial charge in [-0.1, -0.05) is 36.4 Å². The first-order valence-corrected chi connectivity index (χ1v) is 8.05. The fourth-order valence-corrected chi connectivity index (χ4v) is 3.10. The number of carbonyl (C=O) groups excluding carboxylic acids is 1. The molecular weight excluding hydrogens is 287 g/mol. The van der Waals surface area contributed by atoms with Crippen molar-refractivity contribution >= 4 is 18.7 Å². The fourth-order valence-electron chi connectivity index (χ4n) is 2.15. The van der Waals surface area contributed by atoms with Gasteiger partial charge in [0.05, 0.1) is 5.30 Å². The summed E-state index contributed by atoms with van der Waals surface area (Å²) in [4.78, 5) is 22.6. The summed E-state index contributed by atoms with van der Waals surface area (Å²) in [5.41, 5.74) is 2.58. The molecule has 1 N–H and O–H groups in total. The van der Waals surface area contributed by atoms with Crippen LogP contribution in [0.15, 0.2) is 42.5 Å².